The number of aromatic nitrogens is 1. The van der Waals surface area contributed by atoms with Gasteiger partial charge in [-0.2, -0.15) is 0 Å². The number of hydrogen-bond acceptors (Lipinski definition) is 5. The van der Waals surface area contributed by atoms with Gasteiger partial charge in [-0.15, -0.1) is 0 Å². The van der Waals surface area contributed by atoms with Gasteiger partial charge in [-0.05, 0) is 25.9 Å². The summed E-state index contributed by atoms with van der Waals surface area (Å²) in [5.74, 6) is 0.281. The molecule has 0 aliphatic carbocycles. The molecule has 1 saturated heterocycles. The third kappa shape index (κ3) is 3.30. The van der Waals surface area contributed by atoms with Crippen LogP contribution in [0.4, 0.5) is 11.5 Å². The second-order valence-corrected chi connectivity index (χ2v) is 4.69. The van der Waals surface area contributed by atoms with Gasteiger partial charge in [0.15, 0.2) is 0 Å². The molecule has 0 unspecified atom stereocenters. The molecule has 7 heteroatoms. The van der Waals surface area contributed by atoms with E-state index in [4.69, 9.17) is 11.6 Å². The molecule has 1 aliphatic rings. The number of anilines is 1. The first kappa shape index (κ1) is 13.0. The molecule has 1 N–H and O–H groups in total. The van der Waals surface area contributed by atoms with E-state index in [9.17, 15) is 10.1 Å². The Morgan fingerprint density at radius 1 is 1.50 bits per heavy atom. The maximum absolute atomic E-state index is 10.8. The molecule has 1 aromatic rings. The number of nitrogens with one attached hydrogen (secondary N) is 1. The van der Waals surface area contributed by atoms with Crippen molar-refractivity contribution in [3.63, 3.8) is 0 Å². The molecule has 18 heavy (non-hydrogen) atoms. The lowest BCUT2D eigenvalue weighted by molar-refractivity contribution is -0.384. The van der Waals surface area contributed by atoms with Crippen molar-refractivity contribution in [2.45, 2.75) is 12.8 Å². The van der Waals surface area contributed by atoms with Crippen molar-refractivity contribution in [3.05, 3.63) is 27.4 Å². The Kier molecular flexibility index (Phi) is 4.33. The van der Waals surface area contributed by atoms with E-state index in [2.05, 4.69) is 15.2 Å². The van der Waals surface area contributed by atoms with E-state index in [1.54, 1.807) is 0 Å². The molecule has 0 amide bonds. The van der Waals surface area contributed by atoms with Crippen LogP contribution < -0.4 is 5.32 Å². The van der Waals surface area contributed by atoms with Crippen LogP contribution >= 0.6 is 11.6 Å². The number of rotatable bonds is 5. The largest absolute Gasteiger partial charge is 0.363 e. The highest BCUT2D eigenvalue weighted by Gasteiger charge is 2.16. The predicted octanol–water partition coefficient (Wildman–Crippen LogP) is 2.15. The highest BCUT2D eigenvalue weighted by molar-refractivity contribution is 6.30. The molecule has 2 heterocycles. The van der Waals surface area contributed by atoms with Crippen LogP contribution in [0.25, 0.3) is 0 Å². The SMILES string of the molecule is O=[N+]([O-])c1cc(Cl)cnc1NCCN1CCCC1. The van der Waals surface area contributed by atoms with Gasteiger partial charge in [-0.3, -0.25) is 10.1 Å². The number of likely N-dealkylation sites (tertiary alicyclic amines) is 1. The molecule has 1 fully saturated rings. The van der Waals surface area contributed by atoms with E-state index in [1.807, 2.05) is 0 Å². The first-order valence-electron chi connectivity index (χ1n) is 5.93. The quantitative estimate of drug-likeness (QED) is 0.656. The lowest BCUT2D eigenvalue weighted by Crippen LogP contribution is -2.26. The zero-order valence-corrected chi connectivity index (χ0v) is 10.7. The van der Waals surface area contributed by atoms with Gasteiger partial charge in [-0.25, -0.2) is 4.98 Å². The summed E-state index contributed by atoms with van der Waals surface area (Å²) in [4.78, 5) is 16.7. The van der Waals surface area contributed by atoms with Crippen molar-refractivity contribution in [1.82, 2.24) is 9.88 Å². The third-order valence-corrected chi connectivity index (χ3v) is 3.16. The Morgan fingerprint density at radius 2 is 2.22 bits per heavy atom. The van der Waals surface area contributed by atoms with Crippen LogP contribution in [0.3, 0.4) is 0 Å². The fourth-order valence-electron chi connectivity index (χ4n) is 2.04. The van der Waals surface area contributed by atoms with Gasteiger partial charge in [0.25, 0.3) is 0 Å². The molecular formula is C11H15ClN4O2. The number of nitrogens with zero attached hydrogens (tertiary/aromatic N) is 3. The number of pyridine rings is 1. The van der Waals surface area contributed by atoms with Crippen molar-refractivity contribution in [1.29, 1.82) is 0 Å². The first-order valence-corrected chi connectivity index (χ1v) is 6.31. The standard InChI is InChI=1S/C11H15ClN4O2/c12-9-7-10(16(17)18)11(14-8-9)13-3-6-15-4-1-2-5-15/h7-8H,1-6H2,(H,13,14). The van der Waals surface area contributed by atoms with Crippen LogP contribution in [-0.4, -0.2) is 41.0 Å². The Bertz CT molecular complexity index is 435. The van der Waals surface area contributed by atoms with Crippen LogP contribution in [0.2, 0.25) is 5.02 Å². The van der Waals surface area contributed by atoms with Gasteiger partial charge in [0.1, 0.15) is 0 Å². The Morgan fingerprint density at radius 3 is 2.89 bits per heavy atom. The van der Waals surface area contributed by atoms with Crippen molar-refractivity contribution >= 4 is 23.1 Å². The van der Waals surface area contributed by atoms with Crippen LogP contribution in [-0.2, 0) is 0 Å². The molecule has 0 bridgehead atoms. The van der Waals surface area contributed by atoms with E-state index >= 15 is 0 Å². The number of hydrogen-bond donors (Lipinski definition) is 1. The zero-order valence-electron chi connectivity index (χ0n) is 9.93. The van der Waals surface area contributed by atoms with Gasteiger partial charge in [-0.1, -0.05) is 11.6 Å². The summed E-state index contributed by atoms with van der Waals surface area (Å²) in [6.07, 6.45) is 3.88. The molecule has 6 nitrogen and oxygen atoms in total. The molecule has 0 radical (unpaired) electrons. The van der Waals surface area contributed by atoms with Gasteiger partial charge in [0.2, 0.25) is 5.82 Å². The van der Waals surface area contributed by atoms with E-state index in [0.717, 1.165) is 19.6 Å². The summed E-state index contributed by atoms with van der Waals surface area (Å²) in [7, 11) is 0. The Labute approximate surface area is 110 Å². The van der Waals surface area contributed by atoms with Crippen molar-refractivity contribution in [2.24, 2.45) is 0 Å². The normalized spacial score (nSPS) is 15.8. The zero-order chi connectivity index (χ0) is 13.0. The molecule has 0 saturated carbocycles. The minimum absolute atomic E-state index is 0.0797. The highest BCUT2D eigenvalue weighted by Crippen LogP contribution is 2.24. The van der Waals surface area contributed by atoms with Gasteiger partial charge < -0.3 is 10.2 Å². The van der Waals surface area contributed by atoms with Crippen molar-refractivity contribution < 1.29 is 4.92 Å². The molecule has 2 rings (SSSR count). The topological polar surface area (TPSA) is 71.3 Å². The van der Waals surface area contributed by atoms with E-state index in [-0.39, 0.29) is 16.5 Å². The Hall–Kier alpha value is -1.40. The van der Waals surface area contributed by atoms with E-state index in [0.29, 0.717) is 6.54 Å². The summed E-state index contributed by atoms with van der Waals surface area (Å²) in [6.45, 7) is 3.74. The van der Waals surface area contributed by atoms with Crippen LogP contribution in [0.15, 0.2) is 12.3 Å². The molecular weight excluding hydrogens is 256 g/mol. The maximum Gasteiger partial charge on any atom is 0.312 e. The third-order valence-electron chi connectivity index (χ3n) is 2.95. The smallest absolute Gasteiger partial charge is 0.312 e. The van der Waals surface area contributed by atoms with E-state index < -0.39 is 4.92 Å². The predicted molar refractivity (Wildman–Crippen MR) is 70.1 cm³/mol. The Balaban J connectivity index is 1.93. The molecule has 1 aliphatic heterocycles. The average Bonchev–Trinajstić information content (AvgIpc) is 2.84. The molecule has 0 atom stereocenters. The molecule has 0 aromatic carbocycles. The van der Waals surface area contributed by atoms with Gasteiger partial charge in [0, 0.05) is 25.4 Å². The van der Waals surface area contributed by atoms with Crippen LogP contribution in [0.5, 0.6) is 0 Å². The number of halogens is 1. The summed E-state index contributed by atoms with van der Waals surface area (Å²) < 4.78 is 0. The summed E-state index contributed by atoms with van der Waals surface area (Å²) >= 11 is 5.70. The van der Waals surface area contributed by atoms with E-state index in [1.165, 1.54) is 25.1 Å². The second kappa shape index (κ2) is 5.97. The maximum atomic E-state index is 10.8. The summed E-state index contributed by atoms with van der Waals surface area (Å²) in [5, 5.41) is 14.1. The van der Waals surface area contributed by atoms with Gasteiger partial charge in [0.05, 0.1) is 9.95 Å². The van der Waals surface area contributed by atoms with Gasteiger partial charge >= 0.3 is 5.69 Å². The van der Waals surface area contributed by atoms with Crippen LogP contribution in [0, 0.1) is 10.1 Å². The minimum Gasteiger partial charge on any atom is -0.363 e. The first-order chi connectivity index (χ1) is 8.66. The molecule has 1 aromatic heterocycles. The lowest BCUT2D eigenvalue weighted by Gasteiger charge is -2.14. The number of nitro groups is 1. The van der Waals surface area contributed by atoms with Crippen molar-refractivity contribution in [3.8, 4) is 0 Å². The second-order valence-electron chi connectivity index (χ2n) is 4.25. The average molecular weight is 271 g/mol. The lowest BCUT2D eigenvalue weighted by atomic mass is 10.4. The summed E-state index contributed by atoms with van der Waals surface area (Å²) in [6, 6.07) is 1.31. The van der Waals surface area contributed by atoms with Crippen molar-refractivity contribution in [2.75, 3.05) is 31.5 Å². The fourth-order valence-corrected chi connectivity index (χ4v) is 2.19. The molecule has 98 valence electrons. The summed E-state index contributed by atoms with van der Waals surface area (Å²) in [5.41, 5.74) is -0.0797. The highest BCUT2D eigenvalue weighted by atomic mass is 35.5. The minimum atomic E-state index is -0.475. The monoisotopic (exact) mass is 270 g/mol. The fraction of sp³-hybridized carbons (Fsp3) is 0.545. The molecule has 0 spiro atoms. The van der Waals surface area contributed by atoms with Crippen LogP contribution in [0.1, 0.15) is 12.8 Å².